The summed E-state index contributed by atoms with van der Waals surface area (Å²) in [5, 5.41) is 7.13. The molecule has 0 saturated carbocycles. The van der Waals surface area contributed by atoms with Crippen molar-refractivity contribution >= 4 is 11.6 Å². The second kappa shape index (κ2) is 7.87. The van der Waals surface area contributed by atoms with E-state index in [4.69, 9.17) is 0 Å². The minimum Gasteiger partial charge on any atom is -0.319 e. The maximum absolute atomic E-state index is 14.7. The first-order valence-corrected chi connectivity index (χ1v) is 9.43. The number of aryl methyl sites for hydroxylation is 3. The van der Waals surface area contributed by atoms with Gasteiger partial charge in [-0.2, -0.15) is 5.10 Å². The largest absolute Gasteiger partial charge is 0.319 e. The SMILES string of the molecule is Cc1ncc(NC(=O)c2cc(-c3ccn(C)n3)c(C)cc2F)c(-c2ccccc2)n1. The molecule has 4 aromatic rings. The van der Waals surface area contributed by atoms with Gasteiger partial charge in [0.1, 0.15) is 11.6 Å². The standard InChI is InChI=1S/C23H20FN5O/c1-14-11-19(24)18(12-17(14)20-9-10-29(3)28-20)23(30)27-21-13-25-15(2)26-22(21)16-7-5-4-6-8-16/h4-13H,1-3H3,(H,27,30). The lowest BCUT2D eigenvalue weighted by Gasteiger charge is -2.13. The van der Waals surface area contributed by atoms with Crippen molar-refractivity contribution in [2.45, 2.75) is 13.8 Å². The molecule has 0 bridgehead atoms. The van der Waals surface area contributed by atoms with Gasteiger partial charge >= 0.3 is 0 Å². The minimum atomic E-state index is -0.598. The van der Waals surface area contributed by atoms with Crippen LogP contribution in [0.15, 0.2) is 60.9 Å². The van der Waals surface area contributed by atoms with Crippen LogP contribution in [-0.2, 0) is 7.05 Å². The van der Waals surface area contributed by atoms with E-state index >= 15 is 0 Å². The fraction of sp³-hybridized carbons (Fsp3) is 0.130. The Morgan fingerprint density at radius 2 is 1.87 bits per heavy atom. The molecular weight excluding hydrogens is 381 g/mol. The monoisotopic (exact) mass is 401 g/mol. The zero-order chi connectivity index (χ0) is 21.3. The van der Waals surface area contributed by atoms with E-state index in [1.54, 1.807) is 31.8 Å². The fourth-order valence-electron chi connectivity index (χ4n) is 3.25. The maximum atomic E-state index is 14.7. The number of aromatic nitrogens is 4. The van der Waals surface area contributed by atoms with Gasteiger partial charge in [0.25, 0.3) is 5.91 Å². The molecule has 0 unspecified atom stereocenters. The third-order valence-electron chi connectivity index (χ3n) is 4.75. The van der Waals surface area contributed by atoms with Gasteiger partial charge in [-0.3, -0.25) is 9.48 Å². The highest BCUT2D eigenvalue weighted by molar-refractivity contribution is 6.06. The van der Waals surface area contributed by atoms with E-state index in [1.807, 2.05) is 36.4 Å². The molecule has 1 amide bonds. The second-order valence-corrected chi connectivity index (χ2v) is 7.02. The zero-order valence-corrected chi connectivity index (χ0v) is 16.8. The average Bonchev–Trinajstić information content (AvgIpc) is 3.16. The lowest BCUT2D eigenvalue weighted by atomic mass is 10.0. The van der Waals surface area contributed by atoms with Gasteiger partial charge in [0.2, 0.25) is 0 Å². The number of nitrogens with zero attached hydrogens (tertiary/aromatic N) is 4. The molecule has 0 aliphatic rings. The van der Waals surface area contributed by atoms with Crippen molar-refractivity contribution in [3.05, 3.63) is 83.7 Å². The third kappa shape index (κ3) is 3.82. The molecule has 0 aliphatic heterocycles. The van der Waals surface area contributed by atoms with Gasteiger partial charge in [0.05, 0.1) is 28.8 Å². The third-order valence-corrected chi connectivity index (χ3v) is 4.75. The van der Waals surface area contributed by atoms with Gasteiger partial charge in [-0.25, -0.2) is 14.4 Å². The molecule has 2 aromatic heterocycles. The summed E-state index contributed by atoms with van der Waals surface area (Å²) in [6.45, 7) is 3.56. The highest BCUT2D eigenvalue weighted by atomic mass is 19.1. The Morgan fingerprint density at radius 1 is 1.10 bits per heavy atom. The molecular formula is C23H20FN5O. The van der Waals surface area contributed by atoms with E-state index in [1.165, 1.54) is 18.3 Å². The van der Waals surface area contributed by atoms with Crippen molar-refractivity contribution in [3.63, 3.8) is 0 Å². The predicted molar refractivity (Wildman–Crippen MR) is 113 cm³/mol. The summed E-state index contributed by atoms with van der Waals surface area (Å²) >= 11 is 0. The molecule has 0 fully saturated rings. The first kappa shape index (κ1) is 19.4. The predicted octanol–water partition coefficient (Wildman–Crippen LogP) is 4.55. The summed E-state index contributed by atoms with van der Waals surface area (Å²) < 4.78 is 16.3. The van der Waals surface area contributed by atoms with Crippen molar-refractivity contribution in [1.29, 1.82) is 0 Å². The Kier molecular flexibility index (Phi) is 5.10. The number of nitrogens with one attached hydrogen (secondary N) is 1. The summed E-state index contributed by atoms with van der Waals surface area (Å²) in [4.78, 5) is 21.6. The van der Waals surface area contributed by atoms with Crippen LogP contribution in [0.2, 0.25) is 0 Å². The molecule has 1 N–H and O–H groups in total. The molecule has 6 nitrogen and oxygen atoms in total. The van der Waals surface area contributed by atoms with Gasteiger partial charge in [0, 0.05) is 24.4 Å². The molecule has 0 radical (unpaired) electrons. The number of hydrogen-bond donors (Lipinski definition) is 1. The lowest BCUT2D eigenvalue weighted by molar-refractivity contribution is 0.102. The topological polar surface area (TPSA) is 72.7 Å². The van der Waals surface area contributed by atoms with Crippen LogP contribution in [0.5, 0.6) is 0 Å². The van der Waals surface area contributed by atoms with Crippen molar-refractivity contribution in [3.8, 4) is 22.5 Å². The van der Waals surface area contributed by atoms with E-state index < -0.39 is 11.7 Å². The molecule has 0 spiro atoms. The van der Waals surface area contributed by atoms with Crippen molar-refractivity contribution in [2.75, 3.05) is 5.32 Å². The number of halogens is 1. The van der Waals surface area contributed by atoms with Crippen LogP contribution in [-0.4, -0.2) is 25.7 Å². The summed E-state index contributed by atoms with van der Waals surface area (Å²) in [7, 11) is 1.80. The molecule has 2 aromatic carbocycles. The van der Waals surface area contributed by atoms with Gasteiger partial charge in [-0.05, 0) is 37.6 Å². The van der Waals surface area contributed by atoms with Gasteiger partial charge in [-0.1, -0.05) is 30.3 Å². The second-order valence-electron chi connectivity index (χ2n) is 7.02. The summed E-state index contributed by atoms with van der Waals surface area (Å²) in [5.74, 6) is -0.598. The first-order valence-electron chi connectivity index (χ1n) is 9.43. The number of hydrogen-bond acceptors (Lipinski definition) is 4. The molecule has 2 heterocycles. The Balaban J connectivity index is 1.72. The minimum absolute atomic E-state index is 0.0687. The molecule has 150 valence electrons. The number of rotatable bonds is 4. The lowest BCUT2D eigenvalue weighted by Crippen LogP contribution is -2.16. The number of benzene rings is 2. The molecule has 0 saturated heterocycles. The highest BCUT2D eigenvalue weighted by Gasteiger charge is 2.19. The Bertz CT molecular complexity index is 1230. The maximum Gasteiger partial charge on any atom is 0.258 e. The smallest absolute Gasteiger partial charge is 0.258 e. The molecule has 7 heteroatoms. The summed E-state index contributed by atoms with van der Waals surface area (Å²) in [6.07, 6.45) is 3.34. The molecule has 30 heavy (non-hydrogen) atoms. The molecule has 0 atom stereocenters. The molecule has 4 rings (SSSR count). The van der Waals surface area contributed by atoms with Gasteiger partial charge in [0.15, 0.2) is 0 Å². The Labute approximate surface area is 173 Å². The highest BCUT2D eigenvalue weighted by Crippen LogP contribution is 2.28. The number of carbonyl (C=O) groups excluding carboxylic acids is 1. The van der Waals surface area contributed by atoms with Crippen LogP contribution >= 0.6 is 0 Å². The van der Waals surface area contributed by atoms with E-state index in [-0.39, 0.29) is 5.56 Å². The number of carbonyl (C=O) groups is 1. The van der Waals surface area contributed by atoms with Crippen molar-refractivity contribution in [2.24, 2.45) is 7.05 Å². The molecule has 0 aliphatic carbocycles. The van der Waals surface area contributed by atoms with Crippen LogP contribution in [0.25, 0.3) is 22.5 Å². The fourth-order valence-corrected chi connectivity index (χ4v) is 3.25. The van der Waals surface area contributed by atoms with Crippen LogP contribution < -0.4 is 5.32 Å². The summed E-state index contributed by atoms with van der Waals surface area (Å²) in [5.41, 5.74) is 3.83. The Morgan fingerprint density at radius 3 is 2.57 bits per heavy atom. The van der Waals surface area contributed by atoms with E-state index in [2.05, 4.69) is 20.4 Å². The van der Waals surface area contributed by atoms with Crippen molar-refractivity contribution in [1.82, 2.24) is 19.7 Å². The van der Waals surface area contributed by atoms with Crippen LogP contribution in [0, 0.1) is 19.7 Å². The average molecular weight is 401 g/mol. The van der Waals surface area contributed by atoms with E-state index in [9.17, 15) is 9.18 Å². The first-order chi connectivity index (χ1) is 14.4. The van der Waals surface area contributed by atoms with Crippen LogP contribution in [0.4, 0.5) is 10.1 Å². The quantitative estimate of drug-likeness (QED) is 0.544. The van der Waals surface area contributed by atoms with E-state index in [0.29, 0.717) is 34.0 Å². The van der Waals surface area contributed by atoms with E-state index in [0.717, 1.165) is 5.56 Å². The number of amides is 1. The number of anilines is 1. The van der Waals surface area contributed by atoms with Gasteiger partial charge in [-0.15, -0.1) is 0 Å². The van der Waals surface area contributed by atoms with Crippen LogP contribution in [0.3, 0.4) is 0 Å². The Hall–Kier alpha value is -3.87. The van der Waals surface area contributed by atoms with Gasteiger partial charge < -0.3 is 5.32 Å². The zero-order valence-electron chi connectivity index (χ0n) is 16.8. The van der Waals surface area contributed by atoms with Crippen LogP contribution in [0.1, 0.15) is 21.7 Å². The van der Waals surface area contributed by atoms with Crippen molar-refractivity contribution < 1.29 is 9.18 Å². The summed E-state index contributed by atoms with van der Waals surface area (Å²) in [6, 6.07) is 14.2. The normalized spacial score (nSPS) is 10.8.